The molecular weight excluding hydrogens is 302 g/mol. The van der Waals surface area contributed by atoms with E-state index in [9.17, 15) is 13.6 Å². The van der Waals surface area contributed by atoms with Gasteiger partial charge < -0.3 is 5.32 Å². The maximum Gasteiger partial charge on any atom is 0.252 e. The van der Waals surface area contributed by atoms with Gasteiger partial charge in [0.15, 0.2) is 11.6 Å². The van der Waals surface area contributed by atoms with Crippen molar-refractivity contribution in [1.29, 1.82) is 0 Å². The maximum absolute atomic E-state index is 13.3. The SMILES string of the molecule is CC(C)n1c(=O)ccc2cnc(Nc3ccc(F)c(F)c3)nc21. The number of rotatable bonds is 3. The lowest BCUT2D eigenvalue weighted by molar-refractivity contribution is 0.509. The minimum absolute atomic E-state index is 0.0720. The molecule has 0 aliphatic heterocycles. The second kappa shape index (κ2) is 5.75. The number of nitrogens with zero attached hydrogens (tertiary/aromatic N) is 3. The van der Waals surface area contributed by atoms with Crippen molar-refractivity contribution in [2.75, 3.05) is 5.32 Å². The molecule has 1 N–H and O–H groups in total. The molecule has 0 aliphatic carbocycles. The van der Waals surface area contributed by atoms with Gasteiger partial charge in [0, 0.05) is 35.4 Å². The van der Waals surface area contributed by atoms with Crippen molar-refractivity contribution < 1.29 is 8.78 Å². The van der Waals surface area contributed by atoms with Crippen molar-refractivity contribution in [2.24, 2.45) is 0 Å². The van der Waals surface area contributed by atoms with Crippen LogP contribution in [0.5, 0.6) is 0 Å². The largest absolute Gasteiger partial charge is 0.324 e. The van der Waals surface area contributed by atoms with Gasteiger partial charge in [-0.25, -0.2) is 13.8 Å². The molecule has 0 radical (unpaired) electrons. The molecule has 3 aromatic rings. The number of hydrogen-bond donors (Lipinski definition) is 1. The Morgan fingerprint density at radius 2 is 1.91 bits per heavy atom. The summed E-state index contributed by atoms with van der Waals surface area (Å²) in [6.45, 7) is 3.76. The molecule has 0 atom stereocenters. The number of nitrogens with one attached hydrogen (secondary N) is 1. The Labute approximate surface area is 130 Å². The van der Waals surface area contributed by atoms with Crippen LogP contribution in [0.25, 0.3) is 11.0 Å². The summed E-state index contributed by atoms with van der Waals surface area (Å²) in [5.74, 6) is -1.69. The first-order valence-corrected chi connectivity index (χ1v) is 7.06. The summed E-state index contributed by atoms with van der Waals surface area (Å²) in [7, 11) is 0. The standard InChI is InChI=1S/C16H14F2N4O/c1-9(2)22-14(23)6-3-10-8-19-16(21-15(10)22)20-11-4-5-12(17)13(18)7-11/h3-9H,1-2H3,(H,19,20,21). The molecule has 0 spiro atoms. The van der Waals surface area contributed by atoms with Crippen LogP contribution in [-0.4, -0.2) is 14.5 Å². The molecule has 23 heavy (non-hydrogen) atoms. The molecule has 0 aliphatic rings. The molecule has 0 saturated carbocycles. The predicted molar refractivity (Wildman–Crippen MR) is 83.8 cm³/mol. The Morgan fingerprint density at radius 3 is 2.61 bits per heavy atom. The van der Waals surface area contributed by atoms with E-state index in [-0.39, 0.29) is 17.5 Å². The van der Waals surface area contributed by atoms with Gasteiger partial charge in [-0.15, -0.1) is 0 Å². The predicted octanol–water partition coefficient (Wildman–Crippen LogP) is 3.39. The van der Waals surface area contributed by atoms with Gasteiger partial charge in [0.25, 0.3) is 5.56 Å². The highest BCUT2D eigenvalue weighted by molar-refractivity contribution is 5.75. The smallest absolute Gasteiger partial charge is 0.252 e. The Bertz CT molecular complexity index is 937. The summed E-state index contributed by atoms with van der Waals surface area (Å²) < 4.78 is 27.8. The van der Waals surface area contributed by atoms with Crippen molar-refractivity contribution in [3.05, 3.63) is 58.5 Å². The zero-order valence-corrected chi connectivity index (χ0v) is 12.5. The van der Waals surface area contributed by atoms with E-state index in [0.29, 0.717) is 16.7 Å². The number of benzene rings is 1. The number of fused-ring (bicyclic) bond motifs is 1. The molecule has 5 nitrogen and oxygen atoms in total. The van der Waals surface area contributed by atoms with Gasteiger partial charge in [-0.3, -0.25) is 9.36 Å². The summed E-state index contributed by atoms with van der Waals surface area (Å²) in [6.07, 6.45) is 1.57. The summed E-state index contributed by atoms with van der Waals surface area (Å²) in [6, 6.07) is 6.46. The Balaban J connectivity index is 2.07. The summed E-state index contributed by atoms with van der Waals surface area (Å²) in [4.78, 5) is 20.5. The van der Waals surface area contributed by atoms with E-state index in [1.165, 1.54) is 12.1 Å². The van der Waals surface area contributed by atoms with Crippen molar-refractivity contribution in [1.82, 2.24) is 14.5 Å². The first-order valence-electron chi connectivity index (χ1n) is 7.06. The third kappa shape index (κ3) is 2.90. The molecule has 0 bridgehead atoms. The van der Waals surface area contributed by atoms with E-state index in [0.717, 1.165) is 12.1 Å². The molecule has 0 unspecified atom stereocenters. The molecule has 0 amide bonds. The Hall–Kier alpha value is -2.83. The van der Waals surface area contributed by atoms with Crippen molar-refractivity contribution in [2.45, 2.75) is 19.9 Å². The van der Waals surface area contributed by atoms with E-state index < -0.39 is 11.6 Å². The number of pyridine rings is 1. The van der Waals surface area contributed by atoms with Crippen LogP contribution < -0.4 is 10.9 Å². The van der Waals surface area contributed by atoms with E-state index in [1.54, 1.807) is 16.8 Å². The first kappa shape index (κ1) is 15.1. The highest BCUT2D eigenvalue weighted by Gasteiger charge is 2.10. The minimum Gasteiger partial charge on any atom is -0.324 e. The molecule has 1 aromatic carbocycles. The van der Waals surface area contributed by atoms with E-state index >= 15 is 0 Å². The van der Waals surface area contributed by atoms with E-state index in [2.05, 4.69) is 15.3 Å². The molecule has 7 heteroatoms. The van der Waals surface area contributed by atoms with Gasteiger partial charge in [-0.05, 0) is 32.0 Å². The fourth-order valence-electron chi connectivity index (χ4n) is 2.30. The van der Waals surface area contributed by atoms with Crippen LogP contribution in [0.2, 0.25) is 0 Å². The molecule has 3 rings (SSSR count). The fourth-order valence-corrected chi connectivity index (χ4v) is 2.30. The van der Waals surface area contributed by atoms with Crippen LogP contribution >= 0.6 is 0 Å². The third-order valence-corrected chi connectivity index (χ3v) is 3.36. The highest BCUT2D eigenvalue weighted by atomic mass is 19.2. The van der Waals surface area contributed by atoms with Crippen molar-refractivity contribution >= 4 is 22.7 Å². The molecule has 2 aromatic heterocycles. The van der Waals surface area contributed by atoms with Gasteiger partial charge in [0.1, 0.15) is 5.65 Å². The Kier molecular flexibility index (Phi) is 3.77. The zero-order chi connectivity index (χ0) is 16.6. The van der Waals surface area contributed by atoms with Crippen LogP contribution in [0.1, 0.15) is 19.9 Å². The van der Waals surface area contributed by atoms with Gasteiger partial charge in [-0.2, -0.15) is 4.98 Å². The van der Waals surface area contributed by atoms with E-state index in [1.807, 2.05) is 13.8 Å². The normalized spacial score (nSPS) is 11.2. The second-order valence-corrected chi connectivity index (χ2v) is 5.36. The third-order valence-electron chi connectivity index (χ3n) is 3.36. The number of halogens is 2. The molecule has 118 valence electrons. The molecule has 0 saturated heterocycles. The zero-order valence-electron chi connectivity index (χ0n) is 12.5. The van der Waals surface area contributed by atoms with Crippen LogP contribution in [-0.2, 0) is 0 Å². The average Bonchev–Trinajstić information content (AvgIpc) is 2.50. The minimum atomic E-state index is -0.963. The lowest BCUT2D eigenvalue weighted by Gasteiger charge is -2.13. The quantitative estimate of drug-likeness (QED) is 0.804. The van der Waals surface area contributed by atoms with Crippen LogP contribution in [0.4, 0.5) is 20.4 Å². The monoisotopic (exact) mass is 316 g/mol. The molecule has 2 heterocycles. The second-order valence-electron chi connectivity index (χ2n) is 5.36. The van der Waals surface area contributed by atoms with Crippen LogP contribution in [0.3, 0.4) is 0 Å². The Morgan fingerprint density at radius 1 is 1.13 bits per heavy atom. The van der Waals surface area contributed by atoms with Crippen molar-refractivity contribution in [3.63, 3.8) is 0 Å². The average molecular weight is 316 g/mol. The van der Waals surface area contributed by atoms with Gasteiger partial charge in [-0.1, -0.05) is 0 Å². The number of hydrogen-bond acceptors (Lipinski definition) is 4. The highest BCUT2D eigenvalue weighted by Crippen LogP contribution is 2.19. The maximum atomic E-state index is 13.3. The van der Waals surface area contributed by atoms with Crippen molar-refractivity contribution in [3.8, 4) is 0 Å². The summed E-state index contributed by atoms with van der Waals surface area (Å²) >= 11 is 0. The lowest BCUT2D eigenvalue weighted by Crippen LogP contribution is -2.22. The van der Waals surface area contributed by atoms with Crippen LogP contribution in [0.15, 0.2) is 41.3 Å². The topological polar surface area (TPSA) is 59.8 Å². The number of aromatic nitrogens is 3. The first-order chi connectivity index (χ1) is 11.0. The summed E-state index contributed by atoms with van der Waals surface area (Å²) in [5, 5.41) is 3.52. The van der Waals surface area contributed by atoms with Gasteiger partial charge in [0.05, 0.1) is 0 Å². The fraction of sp³-hybridized carbons (Fsp3) is 0.188. The van der Waals surface area contributed by atoms with E-state index in [4.69, 9.17) is 0 Å². The van der Waals surface area contributed by atoms with Crippen LogP contribution in [0, 0.1) is 11.6 Å². The molecule has 0 fully saturated rings. The van der Waals surface area contributed by atoms with Gasteiger partial charge >= 0.3 is 0 Å². The molecular formula is C16H14F2N4O. The lowest BCUT2D eigenvalue weighted by atomic mass is 10.3. The number of anilines is 2. The summed E-state index contributed by atoms with van der Waals surface area (Å²) in [5.41, 5.74) is 0.634. The van der Waals surface area contributed by atoms with Gasteiger partial charge in [0.2, 0.25) is 5.95 Å².